The van der Waals surface area contributed by atoms with Crippen molar-refractivity contribution in [3.8, 4) is 11.5 Å². The van der Waals surface area contributed by atoms with Gasteiger partial charge in [0, 0.05) is 10.5 Å². The summed E-state index contributed by atoms with van der Waals surface area (Å²) >= 11 is 6.75. The van der Waals surface area contributed by atoms with Gasteiger partial charge in [0.05, 0.1) is 11.6 Å². The lowest BCUT2D eigenvalue weighted by Crippen LogP contribution is -2.17. The molecule has 0 aromatic heterocycles. The van der Waals surface area contributed by atoms with Gasteiger partial charge in [0.2, 0.25) is 0 Å². The zero-order valence-electron chi connectivity index (χ0n) is 10.5. The van der Waals surface area contributed by atoms with Crippen LogP contribution < -0.4 is 15.2 Å². The predicted octanol–water partition coefficient (Wildman–Crippen LogP) is 3.63. The Kier molecular flexibility index (Phi) is 6.18. The van der Waals surface area contributed by atoms with Gasteiger partial charge in [-0.15, -0.1) is 0 Å². The molecule has 1 rings (SSSR count). The molecule has 0 amide bonds. The Hall–Kier alpha value is -0.520. The third kappa shape index (κ3) is 4.63. The van der Waals surface area contributed by atoms with Gasteiger partial charge in [0.15, 0.2) is 11.5 Å². The van der Waals surface area contributed by atoms with E-state index in [0.717, 1.165) is 20.9 Å². The normalized spacial score (nSPS) is 12.1. The monoisotopic (exact) mass is 377 g/mol. The van der Waals surface area contributed by atoms with Crippen molar-refractivity contribution in [2.24, 2.45) is 5.73 Å². The largest absolute Gasteiger partial charge is 0.493 e. The maximum atomic E-state index is 5.80. The molecule has 100 valence electrons. The molecular formula is C13H17Br2NO2. The Morgan fingerprint density at radius 1 is 1.50 bits per heavy atom. The molecule has 2 N–H and O–H groups in total. The molecule has 1 aromatic rings. The molecule has 0 aliphatic rings. The Morgan fingerprint density at radius 3 is 2.67 bits per heavy atom. The molecule has 0 heterocycles. The maximum Gasteiger partial charge on any atom is 0.175 e. The third-order valence-corrected chi connectivity index (χ3v) is 3.04. The van der Waals surface area contributed by atoms with Crippen LogP contribution in [0.5, 0.6) is 11.5 Å². The standard InChI is InChI=1S/C13H17Br2NO2/c1-8(14)7-18-13-11(15)5-10(4-9(2)16)6-12(13)17-3/h5-6,9H,1,4,7,16H2,2-3H3. The van der Waals surface area contributed by atoms with E-state index in [1.165, 1.54) is 0 Å². The second kappa shape index (κ2) is 7.16. The SMILES string of the molecule is C=C(Br)COc1c(Br)cc(CC(C)N)cc1OC. The minimum atomic E-state index is 0.107. The van der Waals surface area contributed by atoms with Crippen LogP contribution in [0, 0.1) is 0 Å². The van der Waals surface area contributed by atoms with E-state index in [4.69, 9.17) is 15.2 Å². The van der Waals surface area contributed by atoms with Gasteiger partial charge in [-0.25, -0.2) is 0 Å². The van der Waals surface area contributed by atoms with E-state index in [9.17, 15) is 0 Å². The summed E-state index contributed by atoms with van der Waals surface area (Å²) in [7, 11) is 1.62. The van der Waals surface area contributed by atoms with E-state index in [-0.39, 0.29) is 6.04 Å². The van der Waals surface area contributed by atoms with E-state index in [0.29, 0.717) is 18.1 Å². The van der Waals surface area contributed by atoms with E-state index < -0.39 is 0 Å². The van der Waals surface area contributed by atoms with Crippen molar-refractivity contribution in [3.05, 3.63) is 33.2 Å². The highest BCUT2D eigenvalue weighted by atomic mass is 79.9. The first-order valence-corrected chi connectivity index (χ1v) is 7.10. The molecule has 0 saturated heterocycles. The molecular weight excluding hydrogens is 362 g/mol. The van der Waals surface area contributed by atoms with Crippen molar-refractivity contribution in [2.45, 2.75) is 19.4 Å². The number of ether oxygens (including phenoxy) is 2. The summed E-state index contributed by atoms with van der Waals surface area (Å²) in [6, 6.07) is 4.05. The smallest absolute Gasteiger partial charge is 0.175 e. The Balaban J connectivity index is 3.00. The zero-order chi connectivity index (χ0) is 13.7. The molecule has 0 bridgehead atoms. The summed E-state index contributed by atoms with van der Waals surface area (Å²) in [5, 5.41) is 0. The lowest BCUT2D eigenvalue weighted by molar-refractivity contribution is 0.322. The van der Waals surface area contributed by atoms with Crippen LogP contribution in [0.3, 0.4) is 0 Å². The van der Waals surface area contributed by atoms with Crippen molar-refractivity contribution in [1.82, 2.24) is 0 Å². The van der Waals surface area contributed by atoms with E-state index in [1.54, 1.807) is 7.11 Å². The summed E-state index contributed by atoms with van der Waals surface area (Å²) < 4.78 is 12.6. The van der Waals surface area contributed by atoms with Crippen LogP contribution in [0.1, 0.15) is 12.5 Å². The van der Waals surface area contributed by atoms with Gasteiger partial charge in [-0.3, -0.25) is 0 Å². The molecule has 1 aromatic carbocycles. The number of halogens is 2. The van der Waals surface area contributed by atoms with Gasteiger partial charge < -0.3 is 15.2 Å². The highest BCUT2D eigenvalue weighted by Gasteiger charge is 2.12. The van der Waals surface area contributed by atoms with Crippen LogP contribution in [0.2, 0.25) is 0 Å². The van der Waals surface area contributed by atoms with Gasteiger partial charge in [0.1, 0.15) is 6.61 Å². The molecule has 18 heavy (non-hydrogen) atoms. The number of hydrogen-bond donors (Lipinski definition) is 1. The highest BCUT2D eigenvalue weighted by Crippen LogP contribution is 2.37. The number of nitrogens with two attached hydrogens (primary N) is 1. The number of methoxy groups -OCH3 is 1. The third-order valence-electron chi connectivity index (χ3n) is 2.22. The van der Waals surface area contributed by atoms with Gasteiger partial charge >= 0.3 is 0 Å². The summed E-state index contributed by atoms with van der Waals surface area (Å²) in [6.45, 7) is 6.09. The molecule has 0 radical (unpaired) electrons. The molecule has 0 aliphatic heterocycles. The Bertz CT molecular complexity index is 433. The molecule has 0 saturated carbocycles. The molecule has 0 aliphatic carbocycles. The molecule has 5 heteroatoms. The summed E-state index contributed by atoms with van der Waals surface area (Å²) in [5.41, 5.74) is 6.91. The zero-order valence-corrected chi connectivity index (χ0v) is 13.7. The average molecular weight is 379 g/mol. The first-order valence-electron chi connectivity index (χ1n) is 5.52. The fraction of sp³-hybridized carbons (Fsp3) is 0.385. The van der Waals surface area contributed by atoms with Crippen LogP contribution in [-0.2, 0) is 6.42 Å². The number of hydrogen-bond acceptors (Lipinski definition) is 3. The van der Waals surface area contributed by atoms with E-state index >= 15 is 0 Å². The fourth-order valence-corrected chi connectivity index (χ4v) is 2.27. The van der Waals surface area contributed by atoms with Crippen LogP contribution >= 0.6 is 31.9 Å². The summed E-state index contributed by atoms with van der Waals surface area (Å²) in [4.78, 5) is 0. The minimum absolute atomic E-state index is 0.107. The quantitative estimate of drug-likeness (QED) is 0.821. The van der Waals surface area contributed by atoms with Crippen molar-refractivity contribution in [3.63, 3.8) is 0 Å². The number of rotatable bonds is 6. The lowest BCUT2D eigenvalue weighted by Gasteiger charge is -2.15. The van der Waals surface area contributed by atoms with Crippen molar-refractivity contribution >= 4 is 31.9 Å². The van der Waals surface area contributed by atoms with Crippen LogP contribution in [0.25, 0.3) is 0 Å². The fourth-order valence-electron chi connectivity index (χ4n) is 1.55. The van der Waals surface area contributed by atoms with Crippen LogP contribution in [0.4, 0.5) is 0 Å². The molecule has 1 atom stereocenters. The van der Waals surface area contributed by atoms with E-state index in [2.05, 4.69) is 38.4 Å². The molecule has 3 nitrogen and oxygen atoms in total. The molecule has 1 unspecified atom stereocenters. The molecule has 0 spiro atoms. The second-order valence-electron chi connectivity index (χ2n) is 4.10. The maximum absolute atomic E-state index is 5.80. The Morgan fingerprint density at radius 2 is 2.17 bits per heavy atom. The first kappa shape index (κ1) is 15.5. The summed E-state index contributed by atoms with van der Waals surface area (Å²) in [5.74, 6) is 1.36. The predicted molar refractivity (Wildman–Crippen MR) is 81.6 cm³/mol. The van der Waals surface area contributed by atoms with Crippen molar-refractivity contribution < 1.29 is 9.47 Å². The van der Waals surface area contributed by atoms with Gasteiger partial charge in [-0.2, -0.15) is 0 Å². The van der Waals surface area contributed by atoms with Crippen molar-refractivity contribution in [1.29, 1.82) is 0 Å². The van der Waals surface area contributed by atoms with Gasteiger partial charge in [-0.1, -0.05) is 22.5 Å². The van der Waals surface area contributed by atoms with Crippen LogP contribution in [-0.4, -0.2) is 19.8 Å². The van der Waals surface area contributed by atoms with Crippen molar-refractivity contribution in [2.75, 3.05) is 13.7 Å². The van der Waals surface area contributed by atoms with Crippen LogP contribution in [0.15, 0.2) is 27.7 Å². The second-order valence-corrected chi connectivity index (χ2v) is 6.07. The van der Waals surface area contributed by atoms with Gasteiger partial charge in [0.25, 0.3) is 0 Å². The molecule has 0 fully saturated rings. The lowest BCUT2D eigenvalue weighted by atomic mass is 10.1. The van der Waals surface area contributed by atoms with E-state index in [1.807, 2.05) is 19.1 Å². The Labute approximate surface area is 125 Å². The number of benzene rings is 1. The summed E-state index contributed by atoms with van der Waals surface area (Å²) in [6.07, 6.45) is 0.792. The van der Waals surface area contributed by atoms with Gasteiger partial charge in [-0.05, 0) is 47.0 Å². The first-order chi connectivity index (χ1) is 8.43. The average Bonchev–Trinajstić information content (AvgIpc) is 2.25. The topological polar surface area (TPSA) is 44.5 Å². The highest BCUT2D eigenvalue weighted by molar-refractivity contribution is 9.11. The minimum Gasteiger partial charge on any atom is -0.493 e.